The number of benzene rings is 2. The molecule has 0 aliphatic carbocycles. The molecule has 5 heterocycles. The molecule has 7 rings (SSSR count). The predicted molar refractivity (Wildman–Crippen MR) is 179 cm³/mol. The number of carbonyl (C=O) groups is 4. The summed E-state index contributed by atoms with van der Waals surface area (Å²) < 4.78 is 7.60. The fourth-order valence-electron chi connectivity index (χ4n) is 6.68. The summed E-state index contributed by atoms with van der Waals surface area (Å²) in [6, 6.07) is 12.1. The molecule has 47 heavy (non-hydrogen) atoms. The molecule has 0 spiro atoms. The van der Waals surface area contributed by atoms with Gasteiger partial charge in [-0.15, -0.1) is 11.3 Å². The van der Waals surface area contributed by atoms with Crippen LogP contribution in [0.5, 0.6) is 5.75 Å². The number of rotatable bonds is 6. The van der Waals surface area contributed by atoms with E-state index in [9.17, 15) is 24.0 Å². The highest BCUT2D eigenvalue weighted by atomic mass is 35.5. The molecule has 11 nitrogen and oxygen atoms in total. The van der Waals surface area contributed by atoms with Crippen molar-refractivity contribution in [1.82, 2.24) is 20.1 Å². The van der Waals surface area contributed by atoms with E-state index in [0.717, 1.165) is 22.4 Å². The summed E-state index contributed by atoms with van der Waals surface area (Å²) in [5.41, 5.74) is 3.74. The topological polar surface area (TPSA) is 130 Å². The van der Waals surface area contributed by atoms with Gasteiger partial charge in [0.15, 0.2) is 0 Å². The summed E-state index contributed by atoms with van der Waals surface area (Å²) >= 11 is 7.62. The largest absolute Gasteiger partial charge is 0.497 e. The van der Waals surface area contributed by atoms with Crippen molar-refractivity contribution in [3.05, 3.63) is 80.0 Å². The fourth-order valence-corrected chi connectivity index (χ4v) is 7.99. The Bertz CT molecular complexity index is 2030. The molecule has 4 aromatic rings. The van der Waals surface area contributed by atoms with Crippen molar-refractivity contribution in [2.75, 3.05) is 25.1 Å². The van der Waals surface area contributed by atoms with Gasteiger partial charge < -0.3 is 24.4 Å². The maximum atomic E-state index is 13.4. The van der Waals surface area contributed by atoms with Gasteiger partial charge in [-0.1, -0.05) is 17.7 Å². The number of amides is 4. The highest BCUT2D eigenvalue weighted by Crippen LogP contribution is 2.37. The number of hydrogen-bond donors (Lipinski definition) is 2. The van der Waals surface area contributed by atoms with Crippen molar-refractivity contribution in [2.45, 2.75) is 44.3 Å². The molecule has 242 valence electrons. The van der Waals surface area contributed by atoms with Gasteiger partial charge in [-0.25, -0.2) is 0 Å². The molecular formula is C34H32ClN5O6S. The molecule has 0 bridgehead atoms. The Morgan fingerprint density at radius 3 is 2.55 bits per heavy atom. The van der Waals surface area contributed by atoms with Crippen molar-refractivity contribution in [3.63, 3.8) is 0 Å². The second kappa shape index (κ2) is 12.2. The number of imide groups is 1. The van der Waals surface area contributed by atoms with Gasteiger partial charge in [-0.2, -0.15) is 0 Å². The van der Waals surface area contributed by atoms with Gasteiger partial charge >= 0.3 is 0 Å². The quantitative estimate of drug-likeness (QED) is 0.295. The number of aryl methyl sites for hydroxylation is 1. The van der Waals surface area contributed by atoms with E-state index in [1.54, 1.807) is 37.4 Å². The van der Waals surface area contributed by atoms with Crippen LogP contribution in [0.2, 0.25) is 5.02 Å². The van der Waals surface area contributed by atoms with E-state index in [4.69, 9.17) is 16.3 Å². The molecule has 0 saturated carbocycles. The number of nitrogens with one attached hydrogen (secondary N) is 2. The van der Waals surface area contributed by atoms with Crippen molar-refractivity contribution in [1.29, 1.82) is 0 Å². The van der Waals surface area contributed by atoms with Crippen LogP contribution in [0.3, 0.4) is 0 Å². The van der Waals surface area contributed by atoms with Crippen LogP contribution in [-0.4, -0.2) is 65.4 Å². The number of anilines is 1. The normalized spacial score (nSPS) is 18.4. The van der Waals surface area contributed by atoms with Gasteiger partial charge in [0.2, 0.25) is 11.8 Å². The number of pyridine rings is 1. The van der Waals surface area contributed by atoms with E-state index in [0.29, 0.717) is 70.2 Å². The van der Waals surface area contributed by atoms with E-state index in [2.05, 4.69) is 15.5 Å². The molecule has 1 unspecified atom stereocenters. The number of halogens is 1. The lowest BCUT2D eigenvalue weighted by molar-refractivity contribution is -0.136. The Labute approximate surface area is 279 Å². The lowest BCUT2D eigenvalue weighted by atomic mass is 10.0. The van der Waals surface area contributed by atoms with Gasteiger partial charge in [0, 0.05) is 71.9 Å². The third-order valence-corrected chi connectivity index (χ3v) is 10.6. The van der Waals surface area contributed by atoms with Crippen LogP contribution in [0.15, 0.2) is 53.5 Å². The van der Waals surface area contributed by atoms with Crippen LogP contribution in [0.1, 0.15) is 51.3 Å². The van der Waals surface area contributed by atoms with E-state index >= 15 is 0 Å². The van der Waals surface area contributed by atoms with Crippen molar-refractivity contribution in [3.8, 4) is 16.9 Å². The monoisotopic (exact) mass is 673 g/mol. The zero-order chi connectivity index (χ0) is 33.0. The second-order valence-corrected chi connectivity index (χ2v) is 13.7. The number of fused-ring (bicyclic) bond motifs is 2. The highest BCUT2D eigenvalue weighted by molar-refractivity contribution is 7.21. The number of thiophene rings is 1. The van der Waals surface area contributed by atoms with Crippen molar-refractivity contribution in [2.24, 2.45) is 7.05 Å². The van der Waals surface area contributed by atoms with E-state index < -0.39 is 11.9 Å². The zero-order valence-electron chi connectivity index (χ0n) is 25.8. The molecule has 2 fully saturated rings. The highest BCUT2D eigenvalue weighted by Gasteiger charge is 2.39. The molecule has 0 radical (unpaired) electrons. The summed E-state index contributed by atoms with van der Waals surface area (Å²) in [5, 5.41) is 6.47. The van der Waals surface area contributed by atoms with E-state index in [1.165, 1.54) is 15.9 Å². The first-order valence-electron chi connectivity index (χ1n) is 15.4. The number of aromatic nitrogens is 1. The summed E-state index contributed by atoms with van der Waals surface area (Å²) in [6.45, 7) is 1.71. The number of hydrogen-bond acceptors (Lipinski definition) is 8. The number of carbonyl (C=O) groups excluding carboxylic acids is 4. The Morgan fingerprint density at radius 2 is 1.81 bits per heavy atom. The van der Waals surface area contributed by atoms with Gasteiger partial charge in [0.1, 0.15) is 11.8 Å². The number of ether oxygens (including phenoxy) is 1. The zero-order valence-corrected chi connectivity index (χ0v) is 27.4. The average molecular weight is 674 g/mol. The van der Waals surface area contributed by atoms with E-state index in [1.807, 2.05) is 30.3 Å². The molecule has 2 N–H and O–H groups in total. The molecule has 2 aromatic heterocycles. The van der Waals surface area contributed by atoms with Gasteiger partial charge in [-0.05, 0) is 66.8 Å². The second-order valence-electron chi connectivity index (χ2n) is 12.2. The Kier molecular flexibility index (Phi) is 8.01. The lowest BCUT2D eigenvalue weighted by Crippen LogP contribution is -2.52. The maximum Gasteiger partial charge on any atom is 0.261 e. The molecule has 13 heteroatoms. The minimum Gasteiger partial charge on any atom is -0.497 e. The minimum absolute atomic E-state index is 0.0532. The van der Waals surface area contributed by atoms with Crippen LogP contribution in [0.4, 0.5) is 5.69 Å². The lowest BCUT2D eigenvalue weighted by Gasteiger charge is -2.34. The Hall–Kier alpha value is -4.68. The minimum atomic E-state index is -0.647. The number of methoxy groups -OCH3 is 1. The molecule has 2 aromatic carbocycles. The first-order chi connectivity index (χ1) is 22.6. The summed E-state index contributed by atoms with van der Waals surface area (Å²) in [5.74, 6) is -0.563. The van der Waals surface area contributed by atoms with Gasteiger partial charge in [0.05, 0.1) is 17.4 Å². The Balaban J connectivity index is 1.03. The third-order valence-electron chi connectivity index (χ3n) is 9.20. The summed E-state index contributed by atoms with van der Waals surface area (Å²) in [6.07, 6.45) is 3.71. The molecular weight excluding hydrogens is 642 g/mol. The maximum absolute atomic E-state index is 13.4. The van der Waals surface area contributed by atoms with E-state index in [-0.39, 0.29) is 35.7 Å². The predicted octanol–water partition coefficient (Wildman–Crippen LogP) is 4.09. The van der Waals surface area contributed by atoms with Crippen molar-refractivity contribution >= 4 is 62.3 Å². The molecule has 4 amide bonds. The molecule has 1 atom stereocenters. The number of nitrogens with zero attached hydrogens (tertiary/aromatic N) is 3. The SMILES string of the molecule is COc1cc(Cl)cc(-c2cn(C)c(=O)c3cc(C(=O)NC4CCN(c5ccc6c(c5)C(=O)N(C5CCC(=O)NC5=O)C6)CC4)sc23)c1. The van der Waals surface area contributed by atoms with Crippen LogP contribution in [0, 0.1) is 0 Å². The van der Waals surface area contributed by atoms with Crippen LogP contribution < -0.4 is 25.8 Å². The summed E-state index contributed by atoms with van der Waals surface area (Å²) in [4.78, 5) is 67.9. The van der Waals surface area contributed by atoms with Gasteiger partial charge in [-0.3, -0.25) is 29.3 Å². The standard InChI is InChI=1S/C34H32ClN5O6S/c1-38-17-26(19-11-20(35)13-23(12-19)46-2)30-25(33(38)44)15-28(47-30)32(43)36-21-7-9-39(10-8-21)22-4-3-18-16-40(34(45)24(18)14-22)27-5-6-29(41)37-31(27)42/h3-4,11-15,17,21,27H,5-10,16H2,1-2H3,(H,36,43)(H,37,41,42). The van der Waals surface area contributed by atoms with Crippen molar-refractivity contribution < 1.29 is 23.9 Å². The first-order valence-corrected chi connectivity index (χ1v) is 16.6. The third kappa shape index (κ3) is 5.76. The molecule has 3 aliphatic rings. The van der Waals surface area contributed by atoms with Crippen LogP contribution in [0.25, 0.3) is 21.2 Å². The molecule has 3 aliphatic heterocycles. The molecule has 2 saturated heterocycles. The number of piperidine rings is 2. The van der Waals surface area contributed by atoms with Crippen LogP contribution in [-0.2, 0) is 23.2 Å². The Morgan fingerprint density at radius 1 is 1.02 bits per heavy atom. The van der Waals surface area contributed by atoms with Gasteiger partial charge in [0.25, 0.3) is 17.4 Å². The van der Waals surface area contributed by atoms with Crippen LogP contribution >= 0.6 is 22.9 Å². The average Bonchev–Trinajstić information content (AvgIpc) is 3.65. The fraction of sp³-hybridized carbons (Fsp3) is 0.324. The smallest absolute Gasteiger partial charge is 0.261 e. The summed E-state index contributed by atoms with van der Waals surface area (Å²) in [7, 11) is 3.25. The first kappa shape index (κ1) is 30.9.